The molecule has 0 fully saturated rings. The van der Waals surface area contributed by atoms with Crippen LogP contribution in [0.25, 0.3) is 0 Å². The minimum absolute atomic E-state index is 0.00353. The third kappa shape index (κ3) is 5.72. The molecule has 0 saturated heterocycles. The number of nitrogens with zero attached hydrogens (tertiary/aromatic N) is 1. The molecule has 0 saturated carbocycles. The predicted molar refractivity (Wildman–Crippen MR) is 134 cm³/mol. The summed E-state index contributed by atoms with van der Waals surface area (Å²) < 4.78 is 63.8. The molecule has 0 aromatic heterocycles. The molecule has 0 aliphatic carbocycles. The van der Waals surface area contributed by atoms with E-state index in [-0.39, 0.29) is 22.9 Å². The zero-order valence-electron chi connectivity index (χ0n) is 20.6. The van der Waals surface area contributed by atoms with E-state index in [1.54, 1.807) is 25.1 Å². The van der Waals surface area contributed by atoms with Crippen molar-refractivity contribution in [1.29, 1.82) is 0 Å². The molecular weight excluding hydrogens is 503 g/mol. The van der Waals surface area contributed by atoms with Gasteiger partial charge in [-0.05, 0) is 55.0 Å². The summed E-state index contributed by atoms with van der Waals surface area (Å²) in [5.41, 5.74) is 0.724. The lowest BCUT2D eigenvalue weighted by atomic mass is 10.1. The average Bonchev–Trinajstić information content (AvgIpc) is 2.90. The monoisotopic (exact) mass is 530 g/mol. The van der Waals surface area contributed by atoms with Gasteiger partial charge in [-0.2, -0.15) is 0 Å². The van der Waals surface area contributed by atoms with Gasteiger partial charge in [0.25, 0.3) is 10.0 Å². The highest BCUT2D eigenvalue weighted by molar-refractivity contribution is 7.92. The smallest absolute Gasteiger partial charge is 0.264 e. The van der Waals surface area contributed by atoms with Gasteiger partial charge in [-0.3, -0.25) is 9.10 Å². The fourth-order valence-corrected chi connectivity index (χ4v) is 5.31. The van der Waals surface area contributed by atoms with E-state index in [4.69, 9.17) is 18.9 Å². The number of carbonyl (C=O) groups is 1. The number of ether oxygens (including phenoxy) is 4. The molecule has 0 spiro atoms. The first-order valence-corrected chi connectivity index (χ1v) is 12.9. The molecule has 1 heterocycles. The minimum atomic E-state index is -4.29. The Bertz CT molecular complexity index is 1400. The third-order valence-electron chi connectivity index (χ3n) is 5.77. The van der Waals surface area contributed by atoms with E-state index in [1.165, 1.54) is 50.6 Å². The van der Waals surface area contributed by atoms with Crippen LogP contribution in [0.5, 0.6) is 23.0 Å². The van der Waals surface area contributed by atoms with E-state index in [2.05, 4.69) is 5.32 Å². The standard InChI is InChI=1S/C26H27FN2O7S/c1-17(18-7-9-22(33-2)24(13-18)34-3)28-26(30)16-29(20-6-4-5-19(27)14-20)37(31,32)21-8-10-23-25(15-21)36-12-11-35-23/h4-10,13-15,17H,11-12,16H2,1-3H3,(H,28,30). The second kappa shape index (κ2) is 11.0. The van der Waals surface area contributed by atoms with Crippen LogP contribution < -0.4 is 28.6 Å². The molecule has 0 radical (unpaired) electrons. The first-order chi connectivity index (χ1) is 17.7. The van der Waals surface area contributed by atoms with Crippen molar-refractivity contribution in [3.63, 3.8) is 0 Å². The maximum absolute atomic E-state index is 14.1. The molecule has 37 heavy (non-hydrogen) atoms. The number of hydrogen-bond acceptors (Lipinski definition) is 7. The maximum atomic E-state index is 14.1. The Balaban J connectivity index is 1.61. The summed E-state index contributed by atoms with van der Waals surface area (Å²) in [5.74, 6) is 0.491. The molecule has 4 rings (SSSR count). The Labute approximate surface area is 214 Å². The van der Waals surface area contributed by atoms with Gasteiger partial charge in [0.1, 0.15) is 25.6 Å². The van der Waals surface area contributed by atoms with Crippen molar-refractivity contribution in [2.75, 3.05) is 38.3 Å². The summed E-state index contributed by atoms with van der Waals surface area (Å²) in [6, 6.07) is 13.9. The summed E-state index contributed by atoms with van der Waals surface area (Å²) in [6.45, 7) is 1.80. The molecule has 196 valence electrons. The Hall–Kier alpha value is -3.99. The van der Waals surface area contributed by atoms with E-state index in [9.17, 15) is 17.6 Å². The van der Waals surface area contributed by atoms with Crippen LogP contribution in [0, 0.1) is 5.82 Å². The van der Waals surface area contributed by atoms with E-state index < -0.39 is 34.3 Å². The molecule has 1 atom stereocenters. The molecule has 9 nitrogen and oxygen atoms in total. The van der Waals surface area contributed by atoms with Crippen LogP contribution >= 0.6 is 0 Å². The van der Waals surface area contributed by atoms with Crippen LogP contribution in [0.3, 0.4) is 0 Å². The van der Waals surface area contributed by atoms with Crippen LogP contribution in [-0.2, 0) is 14.8 Å². The molecular formula is C26H27FN2O7S. The van der Waals surface area contributed by atoms with Gasteiger partial charge in [-0.25, -0.2) is 12.8 Å². The number of halogens is 1. The number of carbonyl (C=O) groups excluding carboxylic acids is 1. The normalized spacial score (nSPS) is 13.4. The van der Waals surface area contributed by atoms with Gasteiger partial charge in [0.15, 0.2) is 23.0 Å². The lowest BCUT2D eigenvalue weighted by molar-refractivity contribution is -0.120. The summed E-state index contributed by atoms with van der Waals surface area (Å²) in [6.07, 6.45) is 0. The minimum Gasteiger partial charge on any atom is -0.493 e. The highest BCUT2D eigenvalue weighted by atomic mass is 32.2. The largest absolute Gasteiger partial charge is 0.493 e. The number of sulfonamides is 1. The highest BCUT2D eigenvalue weighted by Gasteiger charge is 2.29. The molecule has 1 amide bonds. The number of benzene rings is 3. The van der Waals surface area contributed by atoms with Gasteiger partial charge in [-0.1, -0.05) is 12.1 Å². The van der Waals surface area contributed by atoms with E-state index >= 15 is 0 Å². The number of rotatable bonds is 9. The number of fused-ring (bicyclic) bond motifs is 1. The van der Waals surface area contributed by atoms with Crippen LogP contribution in [0.15, 0.2) is 65.6 Å². The fraction of sp³-hybridized carbons (Fsp3) is 0.269. The Morgan fingerprint density at radius 1 is 1.00 bits per heavy atom. The molecule has 1 N–H and O–H groups in total. The van der Waals surface area contributed by atoms with Crippen LogP contribution in [0.2, 0.25) is 0 Å². The van der Waals surface area contributed by atoms with Crippen LogP contribution in [0.1, 0.15) is 18.5 Å². The van der Waals surface area contributed by atoms with Gasteiger partial charge in [-0.15, -0.1) is 0 Å². The van der Waals surface area contributed by atoms with Crippen molar-refractivity contribution < 1.29 is 36.6 Å². The number of anilines is 1. The maximum Gasteiger partial charge on any atom is 0.264 e. The second-order valence-corrected chi connectivity index (χ2v) is 10.1. The summed E-state index contributed by atoms with van der Waals surface area (Å²) >= 11 is 0. The molecule has 1 unspecified atom stereocenters. The molecule has 3 aromatic carbocycles. The zero-order valence-corrected chi connectivity index (χ0v) is 21.4. The van der Waals surface area contributed by atoms with Crippen molar-refractivity contribution in [2.45, 2.75) is 17.9 Å². The third-order valence-corrected chi connectivity index (χ3v) is 7.54. The van der Waals surface area contributed by atoms with Gasteiger partial charge in [0.2, 0.25) is 5.91 Å². The first-order valence-electron chi connectivity index (χ1n) is 11.4. The Morgan fingerprint density at radius 3 is 2.43 bits per heavy atom. The summed E-state index contributed by atoms with van der Waals surface area (Å²) in [7, 11) is -1.26. The van der Waals surface area contributed by atoms with Crippen molar-refractivity contribution in [3.05, 3.63) is 72.0 Å². The van der Waals surface area contributed by atoms with E-state index in [1.807, 2.05) is 0 Å². The first kappa shape index (κ1) is 26.1. The van der Waals surface area contributed by atoms with Crippen molar-refractivity contribution in [2.24, 2.45) is 0 Å². The van der Waals surface area contributed by atoms with E-state index in [0.29, 0.717) is 23.9 Å². The highest BCUT2D eigenvalue weighted by Crippen LogP contribution is 2.34. The topological polar surface area (TPSA) is 103 Å². The average molecular weight is 531 g/mol. The molecule has 0 bridgehead atoms. The lowest BCUT2D eigenvalue weighted by Crippen LogP contribution is -2.41. The molecule has 11 heteroatoms. The zero-order chi connectivity index (χ0) is 26.6. The van der Waals surface area contributed by atoms with Crippen molar-refractivity contribution in [1.82, 2.24) is 5.32 Å². The number of nitrogens with one attached hydrogen (secondary N) is 1. The SMILES string of the molecule is COc1ccc(C(C)NC(=O)CN(c2cccc(F)c2)S(=O)(=O)c2ccc3c(c2)OCCO3)cc1OC. The second-order valence-electron chi connectivity index (χ2n) is 8.20. The molecule has 1 aliphatic rings. The number of hydrogen-bond donors (Lipinski definition) is 1. The quantitative estimate of drug-likeness (QED) is 0.450. The molecule has 3 aromatic rings. The Morgan fingerprint density at radius 2 is 1.73 bits per heavy atom. The molecule has 1 aliphatic heterocycles. The number of amides is 1. The van der Waals surface area contributed by atoms with Crippen molar-refractivity contribution in [3.8, 4) is 23.0 Å². The Kier molecular flexibility index (Phi) is 7.72. The van der Waals surface area contributed by atoms with Crippen LogP contribution in [-0.4, -0.2) is 48.3 Å². The van der Waals surface area contributed by atoms with E-state index in [0.717, 1.165) is 15.9 Å². The van der Waals surface area contributed by atoms with Gasteiger partial charge >= 0.3 is 0 Å². The van der Waals surface area contributed by atoms with Gasteiger partial charge in [0, 0.05) is 6.07 Å². The van der Waals surface area contributed by atoms with Crippen molar-refractivity contribution >= 4 is 21.6 Å². The summed E-state index contributed by atoms with van der Waals surface area (Å²) in [4.78, 5) is 12.9. The van der Waals surface area contributed by atoms with Gasteiger partial charge in [0.05, 0.1) is 30.8 Å². The van der Waals surface area contributed by atoms with Crippen LogP contribution in [0.4, 0.5) is 10.1 Å². The lowest BCUT2D eigenvalue weighted by Gasteiger charge is -2.26. The van der Waals surface area contributed by atoms with Gasteiger partial charge < -0.3 is 24.3 Å². The summed E-state index contributed by atoms with van der Waals surface area (Å²) in [5, 5.41) is 2.79. The number of methoxy groups -OCH3 is 2. The fourth-order valence-electron chi connectivity index (χ4n) is 3.88. The predicted octanol–water partition coefficient (Wildman–Crippen LogP) is 3.69.